The summed E-state index contributed by atoms with van der Waals surface area (Å²) in [6, 6.07) is 15.2. The Morgan fingerprint density at radius 2 is 1.76 bits per heavy atom. The minimum atomic E-state index is -0.262. The first-order chi connectivity index (χ1) is 14.0. The zero-order chi connectivity index (χ0) is 20.4. The van der Waals surface area contributed by atoms with E-state index in [0.717, 1.165) is 16.7 Å². The van der Waals surface area contributed by atoms with E-state index in [1.807, 2.05) is 18.2 Å². The minimum absolute atomic E-state index is 0.262. The second-order valence-corrected chi connectivity index (χ2v) is 6.82. The van der Waals surface area contributed by atoms with Crippen molar-refractivity contribution in [2.45, 2.75) is 13.8 Å². The van der Waals surface area contributed by atoms with Gasteiger partial charge in [-0.05, 0) is 55.3 Å². The number of H-pyrrole nitrogens is 1. The Morgan fingerprint density at radius 3 is 2.52 bits per heavy atom. The number of amides is 1. The molecule has 4 aromatic rings. The highest BCUT2D eigenvalue weighted by molar-refractivity contribution is 5.92. The van der Waals surface area contributed by atoms with Gasteiger partial charge in [-0.15, -0.1) is 0 Å². The van der Waals surface area contributed by atoms with Gasteiger partial charge in [0.05, 0.1) is 11.0 Å². The third kappa shape index (κ3) is 4.19. The smallest absolute Gasteiger partial charge is 0.269 e. The summed E-state index contributed by atoms with van der Waals surface area (Å²) in [7, 11) is 1.56. The Hall–Kier alpha value is -3.87. The first-order valence-corrected chi connectivity index (χ1v) is 9.21. The van der Waals surface area contributed by atoms with Gasteiger partial charge in [-0.25, -0.2) is 4.98 Å². The minimum Gasteiger partial charge on any atom is -0.457 e. The van der Waals surface area contributed by atoms with Gasteiger partial charge in [0.2, 0.25) is 5.95 Å². The fraction of sp³-hybridized carbons (Fsp3) is 0.136. The molecule has 29 heavy (non-hydrogen) atoms. The van der Waals surface area contributed by atoms with Crippen LogP contribution in [0.2, 0.25) is 0 Å². The van der Waals surface area contributed by atoms with Crippen LogP contribution < -0.4 is 15.4 Å². The molecule has 0 aliphatic carbocycles. The second kappa shape index (κ2) is 7.63. The van der Waals surface area contributed by atoms with Crippen molar-refractivity contribution >= 4 is 28.6 Å². The number of pyridine rings is 1. The number of aromatic amines is 1. The number of carbonyl (C=O) groups is 1. The Bertz CT molecular complexity index is 1180. The number of aromatic nitrogens is 3. The molecule has 7 nitrogen and oxygen atoms in total. The second-order valence-electron chi connectivity index (χ2n) is 6.82. The lowest BCUT2D eigenvalue weighted by atomic mass is 10.1. The molecule has 0 radical (unpaired) electrons. The van der Waals surface area contributed by atoms with Gasteiger partial charge in [-0.1, -0.05) is 6.07 Å². The average Bonchev–Trinajstić information content (AvgIpc) is 3.08. The molecule has 0 bridgehead atoms. The molecule has 0 aliphatic rings. The number of carbonyl (C=O) groups excluding carboxylic acids is 1. The number of ether oxygens (including phenoxy) is 1. The van der Waals surface area contributed by atoms with Crippen LogP contribution in [0.3, 0.4) is 0 Å². The molecule has 2 aromatic carbocycles. The molecule has 2 aromatic heterocycles. The summed E-state index contributed by atoms with van der Waals surface area (Å²) >= 11 is 0. The highest BCUT2D eigenvalue weighted by atomic mass is 16.5. The highest BCUT2D eigenvalue weighted by Gasteiger charge is 2.09. The number of aryl methyl sites for hydroxylation is 2. The molecule has 0 saturated carbocycles. The van der Waals surface area contributed by atoms with Crippen molar-refractivity contribution in [3.8, 4) is 11.5 Å². The number of fused-ring (bicyclic) bond motifs is 1. The maximum atomic E-state index is 11.7. The van der Waals surface area contributed by atoms with Crippen LogP contribution in [0, 0.1) is 13.8 Å². The van der Waals surface area contributed by atoms with Crippen molar-refractivity contribution in [1.29, 1.82) is 0 Å². The van der Waals surface area contributed by atoms with E-state index < -0.39 is 0 Å². The quantitative estimate of drug-likeness (QED) is 0.470. The van der Waals surface area contributed by atoms with Crippen LogP contribution in [-0.2, 0) is 0 Å². The molecule has 4 rings (SSSR count). The number of nitrogens with one attached hydrogen (secondary N) is 3. The van der Waals surface area contributed by atoms with Crippen LogP contribution in [0.1, 0.15) is 21.6 Å². The third-order valence-electron chi connectivity index (χ3n) is 4.36. The number of imidazole rings is 1. The van der Waals surface area contributed by atoms with E-state index in [0.29, 0.717) is 23.1 Å². The zero-order valence-electron chi connectivity index (χ0n) is 16.4. The average molecular weight is 387 g/mol. The summed E-state index contributed by atoms with van der Waals surface area (Å²) in [6.07, 6.45) is 1.54. The molecular weight excluding hydrogens is 366 g/mol. The van der Waals surface area contributed by atoms with Gasteiger partial charge < -0.3 is 20.4 Å². The topological polar surface area (TPSA) is 91.9 Å². The van der Waals surface area contributed by atoms with E-state index >= 15 is 0 Å². The maximum absolute atomic E-state index is 11.7. The summed E-state index contributed by atoms with van der Waals surface area (Å²) in [4.78, 5) is 23.6. The van der Waals surface area contributed by atoms with E-state index in [1.165, 1.54) is 11.1 Å². The number of hydrogen-bond donors (Lipinski definition) is 3. The van der Waals surface area contributed by atoms with Crippen molar-refractivity contribution in [1.82, 2.24) is 20.3 Å². The maximum Gasteiger partial charge on any atom is 0.269 e. The van der Waals surface area contributed by atoms with Crippen LogP contribution in [0.15, 0.2) is 54.7 Å². The van der Waals surface area contributed by atoms with E-state index in [1.54, 1.807) is 25.4 Å². The molecular formula is C22H21N5O2. The highest BCUT2D eigenvalue weighted by Crippen LogP contribution is 2.27. The molecule has 3 N–H and O–H groups in total. The zero-order valence-corrected chi connectivity index (χ0v) is 16.4. The van der Waals surface area contributed by atoms with Crippen molar-refractivity contribution in [2.75, 3.05) is 12.4 Å². The molecule has 2 heterocycles. The van der Waals surface area contributed by atoms with Gasteiger partial charge in [0.25, 0.3) is 5.91 Å². The van der Waals surface area contributed by atoms with Crippen molar-refractivity contribution in [3.05, 3.63) is 71.5 Å². The standard InChI is InChI=1S/C22H21N5O2/c1-13-8-14(2)10-15(9-13)25-22-26-18-5-4-16(11-19(18)27-22)29-17-6-7-24-20(12-17)21(28)23-3/h4-12H,1-3H3,(H,23,28)(H2,25,26,27). The lowest BCUT2D eigenvalue weighted by Gasteiger charge is -2.06. The summed E-state index contributed by atoms with van der Waals surface area (Å²) in [5, 5.41) is 5.86. The van der Waals surface area contributed by atoms with Crippen LogP contribution in [0.5, 0.6) is 11.5 Å². The number of anilines is 2. The normalized spacial score (nSPS) is 10.7. The summed E-state index contributed by atoms with van der Waals surface area (Å²) in [5.74, 6) is 1.56. The van der Waals surface area contributed by atoms with Crippen LogP contribution in [0.25, 0.3) is 11.0 Å². The van der Waals surface area contributed by atoms with Crippen molar-refractivity contribution < 1.29 is 9.53 Å². The number of hydrogen-bond acceptors (Lipinski definition) is 5. The Kier molecular flexibility index (Phi) is 4.87. The van der Waals surface area contributed by atoms with Gasteiger partial charge in [0, 0.05) is 31.1 Å². The van der Waals surface area contributed by atoms with E-state index in [4.69, 9.17) is 4.74 Å². The lowest BCUT2D eigenvalue weighted by molar-refractivity contribution is 0.0958. The summed E-state index contributed by atoms with van der Waals surface area (Å²) < 4.78 is 5.89. The summed E-state index contributed by atoms with van der Waals surface area (Å²) in [6.45, 7) is 4.13. The molecule has 0 saturated heterocycles. The first-order valence-electron chi connectivity index (χ1n) is 9.21. The molecule has 0 spiro atoms. The summed E-state index contributed by atoms with van der Waals surface area (Å²) in [5.41, 5.74) is 5.32. The van der Waals surface area contributed by atoms with Crippen molar-refractivity contribution in [3.63, 3.8) is 0 Å². The van der Waals surface area contributed by atoms with Crippen LogP contribution >= 0.6 is 0 Å². The van der Waals surface area contributed by atoms with Gasteiger partial charge in [-0.2, -0.15) is 0 Å². The largest absolute Gasteiger partial charge is 0.457 e. The van der Waals surface area contributed by atoms with Gasteiger partial charge >= 0.3 is 0 Å². The molecule has 0 fully saturated rings. The fourth-order valence-corrected chi connectivity index (χ4v) is 3.16. The molecule has 0 atom stereocenters. The molecule has 7 heteroatoms. The van der Waals surface area contributed by atoms with Gasteiger partial charge in [0.15, 0.2) is 0 Å². The SMILES string of the molecule is CNC(=O)c1cc(Oc2ccc3nc(Nc4cc(C)cc(C)c4)[nH]c3c2)ccn1. The number of rotatable bonds is 5. The van der Waals surface area contributed by atoms with E-state index in [9.17, 15) is 4.79 Å². The van der Waals surface area contributed by atoms with Crippen molar-refractivity contribution in [2.24, 2.45) is 0 Å². The molecule has 0 unspecified atom stereocenters. The lowest BCUT2D eigenvalue weighted by Crippen LogP contribution is -2.18. The Morgan fingerprint density at radius 1 is 1.00 bits per heavy atom. The first kappa shape index (κ1) is 18.5. The fourth-order valence-electron chi connectivity index (χ4n) is 3.16. The predicted octanol–water partition coefficient (Wildman–Crippen LogP) is 4.47. The van der Waals surface area contributed by atoms with Crippen LogP contribution in [0.4, 0.5) is 11.6 Å². The molecule has 146 valence electrons. The van der Waals surface area contributed by atoms with Gasteiger partial charge in [-0.3, -0.25) is 9.78 Å². The number of nitrogens with zero attached hydrogens (tertiary/aromatic N) is 2. The van der Waals surface area contributed by atoms with Gasteiger partial charge in [0.1, 0.15) is 17.2 Å². The number of benzene rings is 2. The molecule has 1 amide bonds. The Balaban J connectivity index is 1.56. The van der Waals surface area contributed by atoms with E-state index in [-0.39, 0.29) is 5.91 Å². The monoisotopic (exact) mass is 387 g/mol. The third-order valence-corrected chi connectivity index (χ3v) is 4.36. The Labute approximate surface area is 168 Å². The van der Waals surface area contributed by atoms with Crippen LogP contribution in [-0.4, -0.2) is 27.9 Å². The predicted molar refractivity (Wildman–Crippen MR) is 113 cm³/mol. The van der Waals surface area contributed by atoms with E-state index in [2.05, 4.69) is 57.6 Å². The molecule has 0 aliphatic heterocycles.